The fraction of sp³-hybridized carbons (Fsp3) is 0.300. The fourth-order valence-corrected chi connectivity index (χ4v) is 2.82. The first-order valence-electron chi connectivity index (χ1n) is 8.41. The van der Waals surface area contributed by atoms with Crippen LogP contribution in [0.15, 0.2) is 48.5 Å². The molecule has 5 heteroatoms. The molecule has 0 aliphatic rings. The van der Waals surface area contributed by atoms with Gasteiger partial charge < -0.3 is 15.0 Å². The molecule has 0 saturated heterocycles. The van der Waals surface area contributed by atoms with E-state index in [1.165, 1.54) is 5.56 Å². The van der Waals surface area contributed by atoms with Gasteiger partial charge in [0.05, 0.1) is 12.1 Å². The van der Waals surface area contributed by atoms with Crippen LogP contribution in [0, 0.1) is 0 Å². The molecule has 5 nitrogen and oxygen atoms in total. The Morgan fingerprint density at radius 2 is 1.76 bits per heavy atom. The Hall–Kier alpha value is -2.50. The molecule has 25 heavy (non-hydrogen) atoms. The molecular weight excluding hydrogens is 312 g/mol. The van der Waals surface area contributed by atoms with Crippen LogP contribution in [0.1, 0.15) is 5.56 Å². The summed E-state index contributed by atoms with van der Waals surface area (Å²) in [5.74, 6) is 1.59. The Morgan fingerprint density at radius 1 is 1.00 bits per heavy atom. The first-order valence-corrected chi connectivity index (χ1v) is 8.41. The lowest BCUT2D eigenvalue weighted by molar-refractivity contribution is 0.210. The zero-order chi connectivity index (χ0) is 17.6. The highest BCUT2D eigenvalue weighted by molar-refractivity contribution is 5.90. The molecule has 0 radical (unpaired) electrons. The monoisotopic (exact) mass is 336 g/mol. The SMILES string of the molecule is COCCNc1nc(-c2ccccc2CN(C)C)nc2ccccc12. The quantitative estimate of drug-likeness (QED) is 0.670. The third-order valence-electron chi connectivity index (χ3n) is 3.95. The molecule has 0 unspecified atom stereocenters. The molecule has 3 aromatic rings. The predicted molar refractivity (Wildman–Crippen MR) is 103 cm³/mol. The maximum atomic E-state index is 5.14. The molecule has 1 heterocycles. The number of anilines is 1. The molecule has 0 saturated carbocycles. The molecule has 0 fully saturated rings. The number of nitrogens with zero attached hydrogens (tertiary/aromatic N) is 3. The van der Waals surface area contributed by atoms with Gasteiger partial charge in [0, 0.05) is 31.1 Å². The largest absolute Gasteiger partial charge is 0.383 e. The minimum atomic E-state index is 0.630. The van der Waals surface area contributed by atoms with Crippen molar-refractivity contribution in [2.24, 2.45) is 0 Å². The van der Waals surface area contributed by atoms with E-state index in [9.17, 15) is 0 Å². The smallest absolute Gasteiger partial charge is 0.162 e. The van der Waals surface area contributed by atoms with Gasteiger partial charge in [0.25, 0.3) is 0 Å². The number of aromatic nitrogens is 2. The van der Waals surface area contributed by atoms with Crippen LogP contribution in [0.3, 0.4) is 0 Å². The second-order valence-corrected chi connectivity index (χ2v) is 6.23. The van der Waals surface area contributed by atoms with Gasteiger partial charge in [0.15, 0.2) is 5.82 Å². The van der Waals surface area contributed by atoms with E-state index in [-0.39, 0.29) is 0 Å². The highest BCUT2D eigenvalue weighted by atomic mass is 16.5. The van der Waals surface area contributed by atoms with Crippen molar-refractivity contribution in [2.45, 2.75) is 6.54 Å². The molecule has 0 atom stereocenters. The third-order valence-corrected chi connectivity index (χ3v) is 3.95. The molecule has 0 amide bonds. The van der Waals surface area contributed by atoms with E-state index < -0.39 is 0 Å². The lowest BCUT2D eigenvalue weighted by atomic mass is 10.1. The van der Waals surface area contributed by atoms with E-state index in [1.54, 1.807) is 7.11 Å². The first-order chi connectivity index (χ1) is 12.2. The number of methoxy groups -OCH3 is 1. The molecule has 3 rings (SSSR count). The summed E-state index contributed by atoms with van der Waals surface area (Å²) in [5.41, 5.74) is 3.22. The summed E-state index contributed by atoms with van der Waals surface area (Å²) >= 11 is 0. The Kier molecular flexibility index (Phi) is 5.58. The first kappa shape index (κ1) is 17.3. The van der Waals surface area contributed by atoms with Crippen molar-refractivity contribution in [1.82, 2.24) is 14.9 Å². The predicted octanol–water partition coefficient (Wildman–Crippen LogP) is 3.42. The molecule has 1 aromatic heterocycles. The lowest BCUT2D eigenvalue weighted by Crippen LogP contribution is -2.12. The maximum absolute atomic E-state index is 5.14. The van der Waals surface area contributed by atoms with Crippen LogP contribution in [0.25, 0.3) is 22.3 Å². The number of benzene rings is 2. The van der Waals surface area contributed by atoms with Crippen molar-refractivity contribution in [1.29, 1.82) is 0 Å². The average molecular weight is 336 g/mol. The van der Waals surface area contributed by atoms with Gasteiger partial charge in [0.1, 0.15) is 5.82 Å². The summed E-state index contributed by atoms with van der Waals surface area (Å²) in [7, 11) is 5.83. The molecule has 2 aromatic carbocycles. The van der Waals surface area contributed by atoms with Gasteiger partial charge in [-0.2, -0.15) is 0 Å². The van der Waals surface area contributed by atoms with Crippen molar-refractivity contribution < 1.29 is 4.74 Å². The maximum Gasteiger partial charge on any atom is 0.162 e. The highest BCUT2D eigenvalue weighted by Crippen LogP contribution is 2.27. The van der Waals surface area contributed by atoms with Crippen LogP contribution in [0.5, 0.6) is 0 Å². The number of hydrogen-bond donors (Lipinski definition) is 1. The minimum absolute atomic E-state index is 0.630. The van der Waals surface area contributed by atoms with Crippen molar-refractivity contribution >= 4 is 16.7 Å². The van der Waals surface area contributed by atoms with Gasteiger partial charge in [-0.05, 0) is 31.8 Å². The van der Waals surface area contributed by atoms with Crippen LogP contribution in [-0.2, 0) is 11.3 Å². The summed E-state index contributed by atoms with van der Waals surface area (Å²) in [6, 6.07) is 16.4. The normalized spacial score (nSPS) is 11.2. The number of ether oxygens (including phenoxy) is 1. The average Bonchev–Trinajstić information content (AvgIpc) is 2.61. The molecular formula is C20H24N4O. The van der Waals surface area contributed by atoms with Crippen LogP contribution < -0.4 is 5.32 Å². The zero-order valence-electron chi connectivity index (χ0n) is 15.0. The van der Waals surface area contributed by atoms with Crippen LogP contribution >= 0.6 is 0 Å². The summed E-state index contributed by atoms with van der Waals surface area (Å²) in [6.07, 6.45) is 0. The molecule has 0 spiro atoms. The van der Waals surface area contributed by atoms with Gasteiger partial charge in [-0.3, -0.25) is 0 Å². The summed E-state index contributed by atoms with van der Waals surface area (Å²) in [5, 5.41) is 4.39. The summed E-state index contributed by atoms with van der Waals surface area (Å²) in [6.45, 7) is 2.18. The van der Waals surface area contributed by atoms with Gasteiger partial charge >= 0.3 is 0 Å². The summed E-state index contributed by atoms with van der Waals surface area (Å²) in [4.78, 5) is 11.8. The Labute approximate surface area is 148 Å². The van der Waals surface area contributed by atoms with Crippen LogP contribution in [0.4, 0.5) is 5.82 Å². The standard InChI is InChI=1S/C20H24N4O/c1-24(2)14-15-8-4-5-9-16(15)20-22-18-11-7-6-10-17(18)19(23-20)21-12-13-25-3/h4-11H,12-14H2,1-3H3,(H,21,22,23). The van der Waals surface area contributed by atoms with Gasteiger partial charge in [-0.15, -0.1) is 0 Å². The van der Waals surface area contributed by atoms with Crippen LogP contribution in [0.2, 0.25) is 0 Å². The van der Waals surface area contributed by atoms with E-state index in [2.05, 4.69) is 42.5 Å². The molecule has 0 bridgehead atoms. The number of fused-ring (bicyclic) bond motifs is 1. The van der Waals surface area contributed by atoms with Crippen molar-refractivity contribution in [3.8, 4) is 11.4 Å². The molecule has 1 N–H and O–H groups in total. The highest BCUT2D eigenvalue weighted by Gasteiger charge is 2.12. The number of para-hydroxylation sites is 1. The van der Waals surface area contributed by atoms with Gasteiger partial charge in [-0.1, -0.05) is 36.4 Å². The topological polar surface area (TPSA) is 50.3 Å². The van der Waals surface area contributed by atoms with E-state index in [4.69, 9.17) is 14.7 Å². The molecule has 0 aliphatic heterocycles. The third kappa shape index (κ3) is 4.13. The zero-order valence-corrected chi connectivity index (χ0v) is 15.0. The molecule has 0 aliphatic carbocycles. The second kappa shape index (κ2) is 8.05. The molecule has 130 valence electrons. The van der Waals surface area contributed by atoms with E-state index in [0.29, 0.717) is 13.2 Å². The van der Waals surface area contributed by atoms with Crippen molar-refractivity contribution in [2.75, 3.05) is 39.7 Å². The van der Waals surface area contributed by atoms with E-state index in [1.807, 2.05) is 30.3 Å². The van der Waals surface area contributed by atoms with Crippen molar-refractivity contribution in [3.63, 3.8) is 0 Å². The Morgan fingerprint density at radius 3 is 2.56 bits per heavy atom. The minimum Gasteiger partial charge on any atom is -0.383 e. The number of rotatable bonds is 7. The Bertz CT molecular complexity index is 848. The van der Waals surface area contributed by atoms with Gasteiger partial charge in [0.2, 0.25) is 0 Å². The van der Waals surface area contributed by atoms with Crippen LogP contribution in [-0.4, -0.2) is 49.2 Å². The summed E-state index contributed by atoms with van der Waals surface area (Å²) < 4.78 is 5.14. The van der Waals surface area contributed by atoms with Crippen molar-refractivity contribution in [3.05, 3.63) is 54.1 Å². The fourth-order valence-electron chi connectivity index (χ4n) is 2.82. The van der Waals surface area contributed by atoms with E-state index >= 15 is 0 Å². The Balaban J connectivity index is 2.08. The van der Waals surface area contributed by atoms with Gasteiger partial charge in [-0.25, -0.2) is 9.97 Å². The lowest BCUT2D eigenvalue weighted by Gasteiger charge is -2.15. The number of nitrogens with one attached hydrogen (secondary N) is 1. The van der Waals surface area contributed by atoms with E-state index in [0.717, 1.165) is 34.7 Å². The second-order valence-electron chi connectivity index (χ2n) is 6.23. The number of hydrogen-bond acceptors (Lipinski definition) is 5.